The summed E-state index contributed by atoms with van der Waals surface area (Å²) in [5, 5.41) is 3.17. The van der Waals surface area contributed by atoms with Crippen LogP contribution in [0, 0.1) is 5.41 Å². The van der Waals surface area contributed by atoms with Crippen LogP contribution in [0.4, 0.5) is 0 Å². The van der Waals surface area contributed by atoms with Crippen molar-refractivity contribution in [1.29, 1.82) is 0 Å². The minimum atomic E-state index is -0.235. The molecule has 0 saturated heterocycles. The van der Waals surface area contributed by atoms with Gasteiger partial charge in [0.25, 0.3) is 0 Å². The van der Waals surface area contributed by atoms with Crippen molar-refractivity contribution < 1.29 is 0 Å². The van der Waals surface area contributed by atoms with Crippen LogP contribution in [-0.4, -0.2) is 5.66 Å². The van der Waals surface area contributed by atoms with Crippen LogP contribution in [0.1, 0.15) is 83.5 Å². The van der Waals surface area contributed by atoms with Gasteiger partial charge in [0.1, 0.15) is 0 Å². The SMILES string of the molecule is c1ccc(P(c2ccccc2)C2CCC3(CCCCCCCCCC3)C2)cc1. The first-order chi connectivity index (χ1) is 13.9. The molecule has 0 bridgehead atoms. The molecule has 1 unspecified atom stereocenters. The van der Waals surface area contributed by atoms with Gasteiger partial charge in [-0.2, -0.15) is 0 Å². The fourth-order valence-corrected chi connectivity index (χ4v) is 8.87. The summed E-state index contributed by atoms with van der Waals surface area (Å²) in [6.07, 6.45) is 19.2. The summed E-state index contributed by atoms with van der Waals surface area (Å²) in [5.41, 5.74) is 1.52. The summed E-state index contributed by atoms with van der Waals surface area (Å²) >= 11 is 0. The minimum absolute atomic E-state index is 0.235. The standard InChI is InChI=1S/C27H37P/c1-2-4-6-14-21-27(20-13-5-3-1)22-19-26(23-27)28(24-15-9-7-10-16-24)25-17-11-8-12-18-25/h7-12,15-18,26H,1-6,13-14,19-23H2. The number of benzene rings is 2. The van der Waals surface area contributed by atoms with E-state index in [2.05, 4.69) is 60.7 Å². The fourth-order valence-electron chi connectivity index (χ4n) is 5.78. The molecule has 0 heterocycles. The van der Waals surface area contributed by atoms with Gasteiger partial charge in [-0.3, -0.25) is 0 Å². The minimum Gasteiger partial charge on any atom is -0.0622 e. The molecule has 2 saturated carbocycles. The van der Waals surface area contributed by atoms with Crippen LogP contribution in [0.3, 0.4) is 0 Å². The second-order valence-corrected chi connectivity index (χ2v) is 11.8. The Kier molecular flexibility index (Phi) is 7.25. The number of hydrogen-bond acceptors (Lipinski definition) is 0. The molecular formula is C27H37P. The van der Waals surface area contributed by atoms with Crippen LogP contribution in [0.25, 0.3) is 0 Å². The van der Waals surface area contributed by atoms with E-state index in [1.807, 2.05) is 0 Å². The maximum atomic E-state index is 2.39. The van der Waals surface area contributed by atoms with Gasteiger partial charge in [-0.25, -0.2) is 0 Å². The van der Waals surface area contributed by atoms with Crippen molar-refractivity contribution in [2.75, 3.05) is 0 Å². The molecule has 0 amide bonds. The molecule has 0 N–H and O–H groups in total. The molecule has 4 rings (SSSR count). The second-order valence-electron chi connectivity index (χ2n) is 9.27. The summed E-state index contributed by atoms with van der Waals surface area (Å²) in [6.45, 7) is 0. The molecular weight excluding hydrogens is 355 g/mol. The van der Waals surface area contributed by atoms with Crippen molar-refractivity contribution in [3.63, 3.8) is 0 Å². The van der Waals surface area contributed by atoms with Gasteiger partial charge in [-0.1, -0.05) is 112 Å². The predicted molar refractivity (Wildman–Crippen MR) is 125 cm³/mol. The lowest BCUT2D eigenvalue weighted by Gasteiger charge is -2.32. The summed E-state index contributed by atoms with van der Waals surface area (Å²) in [4.78, 5) is 0. The maximum Gasteiger partial charge on any atom is -0.0123 e. The van der Waals surface area contributed by atoms with E-state index < -0.39 is 0 Å². The van der Waals surface area contributed by atoms with E-state index in [1.54, 1.807) is 10.6 Å². The quantitative estimate of drug-likeness (QED) is 0.472. The van der Waals surface area contributed by atoms with Gasteiger partial charge >= 0.3 is 0 Å². The van der Waals surface area contributed by atoms with E-state index in [9.17, 15) is 0 Å². The zero-order chi connectivity index (χ0) is 19.1. The van der Waals surface area contributed by atoms with Crippen LogP contribution in [0.15, 0.2) is 60.7 Å². The zero-order valence-corrected chi connectivity index (χ0v) is 18.4. The number of rotatable bonds is 3. The lowest BCUT2D eigenvalue weighted by atomic mass is 9.77. The van der Waals surface area contributed by atoms with Gasteiger partial charge in [0, 0.05) is 0 Å². The Morgan fingerprint density at radius 2 is 1.04 bits per heavy atom. The molecule has 2 aliphatic carbocycles. The molecule has 2 aromatic rings. The molecule has 0 nitrogen and oxygen atoms in total. The van der Waals surface area contributed by atoms with E-state index in [0.29, 0.717) is 5.41 Å². The molecule has 0 aliphatic heterocycles. The van der Waals surface area contributed by atoms with Crippen molar-refractivity contribution >= 4 is 18.5 Å². The predicted octanol–water partition coefficient (Wildman–Crippen LogP) is 7.57. The van der Waals surface area contributed by atoms with Crippen molar-refractivity contribution in [2.24, 2.45) is 5.41 Å². The third-order valence-electron chi connectivity index (χ3n) is 7.27. The van der Waals surface area contributed by atoms with Gasteiger partial charge in [0.05, 0.1) is 0 Å². The highest BCUT2D eigenvalue weighted by atomic mass is 31.1. The van der Waals surface area contributed by atoms with Crippen molar-refractivity contribution in [3.8, 4) is 0 Å². The van der Waals surface area contributed by atoms with Crippen LogP contribution in [0.5, 0.6) is 0 Å². The number of hydrogen-bond donors (Lipinski definition) is 0. The first-order valence-corrected chi connectivity index (χ1v) is 13.2. The Hall–Kier alpha value is -1.13. The van der Waals surface area contributed by atoms with Crippen molar-refractivity contribution in [2.45, 2.75) is 89.1 Å². The van der Waals surface area contributed by atoms with Gasteiger partial charge < -0.3 is 0 Å². The van der Waals surface area contributed by atoms with E-state index in [4.69, 9.17) is 0 Å². The molecule has 1 atom stereocenters. The Bertz CT molecular complexity index is 641. The largest absolute Gasteiger partial charge is 0.0622 e. The Morgan fingerprint density at radius 1 is 0.571 bits per heavy atom. The third kappa shape index (κ3) is 5.07. The van der Waals surface area contributed by atoms with Crippen LogP contribution < -0.4 is 10.6 Å². The topological polar surface area (TPSA) is 0 Å². The highest BCUT2D eigenvalue weighted by Crippen LogP contribution is 2.56. The lowest BCUT2D eigenvalue weighted by molar-refractivity contribution is 0.232. The van der Waals surface area contributed by atoms with E-state index in [0.717, 1.165) is 5.66 Å². The molecule has 2 aliphatic rings. The van der Waals surface area contributed by atoms with E-state index in [-0.39, 0.29) is 7.92 Å². The van der Waals surface area contributed by atoms with Crippen LogP contribution in [-0.2, 0) is 0 Å². The zero-order valence-electron chi connectivity index (χ0n) is 17.5. The average Bonchev–Trinajstić information content (AvgIpc) is 3.12. The van der Waals surface area contributed by atoms with Gasteiger partial charge in [0.2, 0.25) is 0 Å². The van der Waals surface area contributed by atoms with E-state index in [1.165, 1.54) is 83.5 Å². The lowest BCUT2D eigenvalue weighted by Crippen LogP contribution is -2.23. The smallest absolute Gasteiger partial charge is 0.0123 e. The van der Waals surface area contributed by atoms with Gasteiger partial charge in [-0.15, -0.1) is 0 Å². The molecule has 0 aromatic heterocycles. The normalized spacial score (nSPS) is 23.5. The van der Waals surface area contributed by atoms with E-state index >= 15 is 0 Å². The summed E-state index contributed by atoms with van der Waals surface area (Å²) in [5.74, 6) is 0. The summed E-state index contributed by atoms with van der Waals surface area (Å²) < 4.78 is 0. The Morgan fingerprint density at radius 3 is 1.54 bits per heavy atom. The second kappa shape index (κ2) is 10.1. The molecule has 28 heavy (non-hydrogen) atoms. The summed E-state index contributed by atoms with van der Waals surface area (Å²) in [6, 6.07) is 22.9. The third-order valence-corrected chi connectivity index (χ3v) is 10.2. The molecule has 2 fully saturated rings. The first kappa shape index (κ1) is 20.2. The highest BCUT2D eigenvalue weighted by Gasteiger charge is 2.41. The van der Waals surface area contributed by atoms with Gasteiger partial charge in [0.15, 0.2) is 0 Å². The Labute approximate surface area is 173 Å². The Balaban J connectivity index is 1.55. The molecule has 0 radical (unpaired) electrons. The van der Waals surface area contributed by atoms with Crippen LogP contribution >= 0.6 is 7.92 Å². The van der Waals surface area contributed by atoms with Gasteiger partial charge in [-0.05, 0) is 61.7 Å². The average molecular weight is 393 g/mol. The maximum absolute atomic E-state index is 2.39. The molecule has 1 spiro atoms. The highest BCUT2D eigenvalue weighted by molar-refractivity contribution is 7.73. The molecule has 1 heteroatoms. The van der Waals surface area contributed by atoms with Crippen molar-refractivity contribution in [3.05, 3.63) is 60.7 Å². The fraction of sp³-hybridized carbons (Fsp3) is 0.556. The van der Waals surface area contributed by atoms with Crippen LogP contribution in [0.2, 0.25) is 0 Å². The first-order valence-electron chi connectivity index (χ1n) is 11.8. The molecule has 2 aromatic carbocycles. The summed E-state index contributed by atoms with van der Waals surface area (Å²) in [7, 11) is -0.235. The molecule has 150 valence electrons. The van der Waals surface area contributed by atoms with Crippen molar-refractivity contribution in [1.82, 2.24) is 0 Å². The monoisotopic (exact) mass is 392 g/mol.